The Balaban J connectivity index is 2.17. The van der Waals surface area contributed by atoms with Crippen LogP contribution in [0, 0.1) is 11.6 Å². The third-order valence-corrected chi connectivity index (χ3v) is 4.91. The van der Waals surface area contributed by atoms with E-state index in [4.69, 9.17) is 9.84 Å². The summed E-state index contributed by atoms with van der Waals surface area (Å²) in [7, 11) is -4.48. The van der Waals surface area contributed by atoms with Gasteiger partial charge in [0, 0.05) is 12.1 Å². The summed E-state index contributed by atoms with van der Waals surface area (Å²) in [6, 6.07) is 4.04. The van der Waals surface area contributed by atoms with Crippen molar-refractivity contribution in [3.05, 3.63) is 53.6 Å². The van der Waals surface area contributed by atoms with Crippen molar-refractivity contribution in [3.63, 3.8) is 0 Å². The van der Waals surface area contributed by atoms with E-state index < -0.39 is 49.9 Å². The fraction of sp³-hybridized carbons (Fsp3) is 0.235. The van der Waals surface area contributed by atoms with E-state index in [1.165, 1.54) is 0 Å². The van der Waals surface area contributed by atoms with Crippen LogP contribution >= 0.6 is 0 Å². The van der Waals surface area contributed by atoms with Crippen LogP contribution in [0.15, 0.2) is 41.3 Å². The number of carboxylic acids is 1. The van der Waals surface area contributed by atoms with E-state index >= 15 is 0 Å². The molecule has 0 atom stereocenters. The number of alkyl halides is 3. The van der Waals surface area contributed by atoms with Crippen molar-refractivity contribution < 1.29 is 45.0 Å². The third kappa shape index (κ3) is 6.04. The number of hydrogen-bond acceptors (Lipinski definition) is 4. The quantitative estimate of drug-likeness (QED) is 0.479. The van der Waals surface area contributed by atoms with E-state index in [9.17, 15) is 35.2 Å². The van der Waals surface area contributed by atoms with E-state index in [2.05, 4.69) is 0 Å². The fourth-order valence-electron chi connectivity index (χ4n) is 2.19. The topological polar surface area (TPSA) is 92.7 Å². The predicted octanol–water partition coefficient (Wildman–Crippen LogP) is 4.03. The van der Waals surface area contributed by atoms with Gasteiger partial charge in [-0.2, -0.15) is 13.2 Å². The molecule has 6 nitrogen and oxygen atoms in total. The summed E-state index contributed by atoms with van der Waals surface area (Å²) < 4.78 is 97.0. The van der Waals surface area contributed by atoms with Crippen LogP contribution in [0.3, 0.4) is 0 Å². The maximum Gasteiger partial charge on any atom is 0.419 e. The van der Waals surface area contributed by atoms with Crippen molar-refractivity contribution in [3.8, 4) is 5.75 Å². The standard InChI is InChI=1S/C17H14F5NO5S/c18-13-5-3-10(8-12(13)17(20,21)22)23-29(26,27)11-4-6-15(14(19)9-11)28-7-1-2-16(24)25/h3-6,8-9,23H,1-2,7H2,(H,24,25). The molecule has 0 unspecified atom stereocenters. The van der Waals surface area contributed by atoms with Crippen molar-refractivity contribution in [1.29, 1.82) is 0 Å². The average molecular weight is 439 g/mol. The lowest BCUT2D eigenvalue weighted by atomic mass is 10.2. The first-order valence-electron chi connectivity index (χ1n) is 7.94. The number of halogens is 5. The number of ether oxygens (including phenoxy) is 1. The van der Waals surface area contributed by atoms with Gasteiger partial charge in [0.15, 0.2) is 11.6 Å². The molecule has 0 aliphatic heterocycles. The SMILES string of the molecule is O=C(O)CCCOc1ccc(S(=O)(=O)Nc2ccc(F)c(C(F)(F)F)c2)cc1F. The molecule has 0 aliphatic carbocycles. The highest BCUT2D eigenvalue weighted by Gasteiger charge is 2.34. The van der Waals surface area contributed by atoms with Gasteiger partial charge < -0.3 is 9.84 Å². The van der Waals surface area contributed by atoms with Crippen LogP contribution in [-0.2, 0) is 21.0 Å². The second-order valence-electron chi connectivity index (χ2n) is 5.74. The minimum Gasteiger partial charge on any atom is -0.491 e. The Morgan fingerprint density at radius 3 is 2.34 bits per heavy atom. The molecule has 12 heteroatoms. The number of rotatable bonds is 8. The lowest BCUT2D eigenvalue weighted by Gasteiger charge is -2.13. The number of nitrogens with one attached hydrogen (secondary N) is 1. The monoisotopic (exact) mass is 439 g/mol. The largest absolute Gasteiger partial charge is 0.491 e. The number of sulfonamides is 1. The Kier molecular flexibility index (Phi) is 6.67. The van der Waals surface area contributed by atoms with Crippen molar-refractivity contribution in [2.75, 3.05) is 11.3 Å². The molecular weight excluding hydrogens is 425 g/mol. The van der Waals surface area contributed by atoms with Crippen LogP contribution in [-0.4, -0.2) is 26.1 Å². The van der Waals surface area contributed by atoms with E-state index in [-0.39, 0.29) is 31.3 Å². The fourth-order valence-corrected chi connectivity index (χ4v) is 3.25. The number of hydrogen-bond donors (Lipinski definition) is 2. The lowest BCUT2D eigenvalue weighted by molar-refractivity contribution is -0.140. The van der Waals surface area contributed by atoms with E-state index in [1.54, 1.807) is 0 Å². The molecule has 29 heavy (non-hydrogen) atoms. The zero-order valence-electron chi connectivity index (χ0n) is 14.5. The van der Waals surface area contributed by atoms with Crippen molar-refractivity contribution in [1.82, 2.24) is 0 Å². The van der Waals surface area contributed by atoms with Gasteiger partial charge in [0.25, 0.3) is 10.0 Å². The zero-order valence-corrected chi connectivity index (χ0v) is 15.3. The first-order chi connectivity index (χ1) is 13.4. The molecule has 0 bridgehead atoms. The molecule has 158 valence electrons. The van der Waals surface area contributed by atoms with Crippen LogP contribution in [0.2, 0.25) is 0 Å². The second kappa shape index (κ2) is 8.64. The van der Waals surface area contributed by atoms with Gasteiger partial charge in [0.1, 0.15) is 5.82 Å². The number of benzene rings is 2. The van der Waals surface area contributed by atoms with E-state index in [0.717, 1.165) is 18.2 Å². The highest BCUT2D eigenvalue weighted by atomic mass is 32.2. The molecule has 0 aliphatic rings. The van der Waals surface area contributed by atoms with Crippen LogP contribution < -0.4 is 9.46 Å². The summed E-state index contributed by atoms with van der Waals surface area (Å²) in [5, 5.41) is 8.50. The van der Waals surface area contributed by atoms with E-state index in [0.29, 0.717) is 12.1 Å². The average Bonchev–Trinajstić information content (AvgIpc) is 2.60. The molecule has 0 saturated carbocycles. The summed E-state index contributed by atoms with van der Waals surface area (Å²) in [5.41, 5.74) is -2.22. The summed E-state index contributed by atoms with van der Waals surface area (Å²) >= 11 is 0. The van der Waals surface area contributed by atoms with Crippen molar-refractivity contribution in [2.45, 2.75) is 23.9 Å². The second-order valence-corrected chi connectivity index (χ2v) is 7.42. The molecule has 0 heterocycles. The Bertz CT molecular complexity index is 1010. The normalized spacial score (nSPS) is 11.9. The number of aliphatic carboxylic acids is 1. The predicted molar refractivity (Wildman–Crippen MR) is 91.0 cm³/mol. The molecule has 0 saturated heterocycles. The molecular formula is C17H14F5NO5S. The van der Waals surface area contributed by atoms with Crippen LogP contribution in [0.4, 0.5) is 27.6 Å². The molecule has 0 radical (unpaired) electrons. The first kappa shape index (κ1) is 22.4. The number of carbonyl (C=O) groups is 1. The van der Waals surface area contributed by atoms with Gasteiger partial charge in [-0.15, -0.1) is 0 Å². The summed E-state index contributed by atoms with van der Waals surface area (Å²) in [6.07, 6.45) is -5.13. The van der Waals surface area contributed by atoms with Gasteiger partial charge in [0.2, 0.25) is 0 Å². The Hall–Kier alpha value is -2.89. The number of carboxylic acid groups (broad SMARTS) is 1. The number of anilines is 1. The van der Waals surface area contributed by atoms with Gasteiger partial charge >= 0.3 is 12.1 Å². The van der Waals surface area contributed by atoms with Crippen LogP contribution in [0.25, 0.3) is 0 Å². The first-order valence-corrected chi connectivity index (χ1v) is 9.42. The highest BCUT2D eigenvalue weighted by Crippen LogP contribution is 2.33. The Morgan fingerprint density at radius 2 is 1.76 bits per heavy atom. The molecule has 2 aromatic rings. The summed E-state index contributed by atoms with van der Waals surface area (Å²) in [6.45, 7) is -0.122. The summed E-state index contributed by atoms with van der Waals surface area (Å²) in [5.74, 6) is -4.03. The van der Waals surface area contributed by atoms with Gasteiger partial charge in [0.05, 0.1) is 17.1 Å². The van der Waals surface area contributed by atoms with E-state index in [1.807, 2.05) is 4.72 Å². The molecule has 2 aromatic carbocycles. The van der Waals surface area contributed by atoms with Crippen LogP contribution in [0.5, 0.6) is 5.75 Å². The minimum absolute atomic E-state index is 0.0997. The highest BCUT2D eigenvalue weighted by molar-refractivity contribution is 7.92. The van der Waals surface area contributed by atoms with Gasteiger partial charge in [-0.1, -0.05) is 0 Å². The van der Waals surface area contributed by atoms with Crippen molar-refractivity contribution >= 4 is 21.7 Å². The third-order valence-electron chi connectivity index (χ3n) is 3.53. The van der Waals surface area contributed by atoms with Gasteiger partial charge in [-0.3, -0.25) is 9.52 Å². The van der Waals surface area contributed by atoms with Crippen molar-refractivity contribution in [2.24, 2.45) is 0 Å². The molecule has 0 spiro atoms. The smallest absolute Gasteiger partial charge is 0.419 e. The van der Waals surface area contributed by atoms with Crippen LogP contribution in [0.1, 0.15) is 18.4 Å². The molecule has 0 amide bonds. The minimum atomic E-state index is -5.03. The molecule has 2 rings (SSSR count). The molecule has 0 aromatic heterocycles. The lowest BCUT2D eigenvalue weighted by Crippen LogP contribution is -2.15. The Morgan fingerprint density at radius 1 is 1.07 bits per heavy atom. The zero-order chi connectivity index (χ0) is 21.8. The van der Waals surface area contributed by atoms with Gasteiger partial charge in [-0.05, 0) is 42.8 Å². The summed E-state index contributed by atoms with van der Waals surface area (Å²) in [4.78, 5) is 9.78. The molecule has 2 N–H and O–H groups in total. The maximum atomic E-state index is 14.0. The maximum absolute atomic E-state index is 14.0. The van der Waals surface area contributed by atoms with Gasteiger partial charge in [-0.25, -0.2) is 17.2 Å². The molecule has 0 fully saturated rings. The Labute approximate surface area is 162 Å².